The molecule has 0 aliphatic heterocycles. The fraction of sp³-hybridized carbons (Fsp3) is 0.458. The van der Waals surface area contributed by atoms with E-state index >= 15 is 0 Å². The zero-order chi connectivity index (χ0) is 22.1. The van der Waals surface area contributed by atoms with Crippen LogP contribution in [0.4, 0.5) is 0 Å². The van der Waals surface area contributed by atoms with Crippen LogP contribution < -0.4 is 0 Å². The van der Waals surface area contributed by atoms with Gasteiger partial charge in [0.05, 0.1) is 19.1 Å². The van der Waals surface area contributed by atoms with Crippen molar-refractivity contribution in [1.82, 2.24) is 14.6 Å². The molecule has 0 aliphatic rings. The summed E-state index contributed by atoms with van der Waals surface area (Å²) in [6.45, 7) is 16.0. The molecule has 3 aromatic rings. The van der Waals surface area contributed by atoms with Gasteiger partial charge < -0.3 is 4.43 Å². The van der Waals surface area contributed by atoms with Gasteiger partial charge >= 0.3 is 0 Å². The molecule has 5 nitrogen and oxygen atoms in total. The SMILES string of the molecule is CC(C)c1nc2c(-c3ccccc3CC#N)cc(CO[Si](C)(C)C(C)(C)C)cn2n1. The Morgan fingerprint density at radius 3 is 2.50 bits per heavy atom. The lowest BCUT2D eigenvalue weighted by atomic mass is 9.98. The average Bonchev–Trinajstić information content (AvgIpc) is 3.10. The van der Waals surface area contributed by atoms with Gasteiger partial charge in [-0.05, 0) is 40.9 Å². The van der Waals surface area contributed by atoms with Crippen LogP contribution in [0.3, 0.4) is 0 Å². The Balaban J connectivity index is 2.12. The maximum absolute atomic E-state index is 9.29. The number of benzene rings is 1. The van der Waals surface area contributed by atoms with E-state index in [0.29, 0.717) is 13.0 Å². The van der Waals surface area contributed by atoms with E-state index in [0.717, 1.165) is 33.7 Å². The number of nitriles is 1. The molecule has 0 atom stereocenters. The molecule has 0 bridgehead atoms. The van der Waals surface area contributed by atoms with Crippen molar-refractivity contribution in [2.45, 2.75) is 71.7 Å². The number of fused-ring (bicyclic) bond motifs is 1. The van der Waals surface area contributed by atoms with Gasteiger partial charge in [-0.1, -0.05) is 58.9 Å². The molecule has 0 fully saturated rings. The van der Waals surface area contributed by atoms with Crippen LogP contribution in [0.15, 0.2) is 36.5 Å². The third-order valence-corrected chi connectivity index (χ3v) is 10.5. The molecular weight excluding hydrogens is 388 g/mol. The van der Waals surface area contributed by atoms with Gasteiger partial charge in [-0.3, -0.25) is 0 Å². The second-order valence-electron chi connectivity index (χ2n) is 9.70. The van der Waals surface area contributed by atoms with Crippen molar-refractivity contribution in [3.8, 4) is 17.2 Å². The first-order valence-corrected chi connectivity index (χ1v) is 13.4. The highest BCUT2D eigenvalue weighted by atomic mass is 28.4. The van der Waals surface area contributed by atoms with Crippen LogP contribution in [0.2, 0.25) is 18.1 Å². The van der Waals surface area contributed by atoms with E-state index in [1.807, 2.05) is 28.9 Å². The summed E-state index contributed by atoms with van der Waals surface area (Å²) in [4.78, 5) is 4.82. The van der Waals surface area contributed by atoms with E-state index in [1.165, 1.54) is 0 Å². The molecule has 0 saturated heterocycles. The number of nitrogens with zero attached hydrogens (tertiary/aromatic N) is 4. The molecule has 0 N–H and O–H groups in total. The van der Waals surface area contributed by atoms with E-state index in [4.69, 9.17) is 14.5 Å². The van der Waals surface area contributed by atoms with Gasteiger partial charge in [0.2, 0.25) is 0 Å². The van der Waals surface area contributed by atoms with Crippen molar-refractivity contribution >= 4 is 14.0 Å². The highest BCUT2D eigenvalue weighted by Gasteiger charge is 2.37. The zero-order valence-corrected chi connectivity index (χ0v) is 20.2. The highest BCUT2D eigenvalue weighted by molar-refractivity contribution is 6.74. The molecule has 0 unspecified atom stereocenters. The third-order valence-electron chi connectivity index (χ3n) is 6.01. The van der Waals surface area contributed by atoms with Crippen LogP contribution >= 0.6 is 0 Å². The van der Waals surface area contributed by atoms with Crippen molar-refractivity contribution in [2.24, 2.45) is 0 Å². The first kappa shape index (κ1) is 22.2. The second-order valence-corrected chi connectivity index (χ2v) is 14.5. The zero-order valence-electron chi connectivity index (χ0n) is 19.2. The van der Waals surface area contributed by atoms with Crippen LogP contribution in [-0.2, 0) is 17.5 Å². The molecule has 3 rings (SSSR count). The lowest BCUT2D eigenvalue weighted by Gasteiger charge is -2.36. The smallest absolute Gasteiger partial charge is 0.192 e. The molecule has 2 heterocycles. The summed E-state index contributed by atoms with van der Waals surface area (Å²) in [5, 5.41) is 14.2. The van der Waals surface area contributed by atoms with Gasteiger partial charge in [-0.25, -0.2) is 9.50 Å². The van der Waals surface area contributed by atoms with Crippen molar-refractivity contribution in [3.05, 3.63) is 53.5 Å². The van der Waals surface area contributed by atoms with Gasteiger partial charge in [0, 0.05) is 17.7 Å². The van der Waals surface area contributed by atoms with Crippen molar-refractivity contribution < 1.29 is 4.43 Å². The summed E-state index contributed by atoms with van der Waals surface area (Å²) in [6.07, 6.45) is 2.38. The van der Waals surface area contributed by atoms with E-state index < -0.39 is 8.32 Å². The molecule has 1 aromatic carbocycles. The van der Waals surface area contributed by atoms with Crippen molar-refractivity contribution in [1.29, 1.82) is 5.26 Å². The fourth-order valence-electron chi connectivity index (χ4n) is 3.08. The van der Waals surface area contributed by atoms with E-state index in [1.54, 1.807) is 0 Å². The Hall–Kier alpha value is -2.49. The summed E-state index contributed by atoms with van der Waals surface area (Å²) < 4.78 is 8.35. The quantitative estimate of drug-likeness (QED) is 0.451. The monoisotopic (exact) mass is 420 g/mol. The molecule has 6 heteroatoms. The minimum atomic E-state index is -1.88. The summed E-state index contributed by atoms with van der Waals surface area (Å²) in [7, 11) is -1.88. The molecule has 0 radical (unpaired) electrons. The topological polar surface area (TPSA) is 63.2 Å². The molecule has 0 spiro atoms. The molecule has 0 aliphatic carbocycles. The third kappa shape index (κ3) is 4.48. The van der Waals surface area contributed by atoms with Crippen LogP contribution in [0.25, 0.3) is 16.8 Å². The summed E-state index contributed by atoms with van der Waals surface area (Å²) in [5.74, 6) is 1.05. The lowest BCUT2D eigenvalue weighted by Crippen LogP contribution is -2.40. The number of aromatic nitrogens is 3. The molecule has 2 aromatic heterocycles. The van der Waals surface area contributed by atoms with Crippen molar-refractivity contribution in [3.63, 3.8) is 0 Å². The lowest BCUT2D eigenvalue weighted by molar-refractivity contribution is 0.276. The number of rotatable bonds is 6. The molecule has 158 valence electrons. The van der Waals surface area contributed by atoms with Gasteiger partial charge in [0.25, 0.3) is 0 Å². The minimum Gasteiger partial charge on any atom is -0.413 e. The Morgan fingerprint density at radius 2 is 1.87 bits per heavy atom. The predicted molar refractivity (Wildman–Crippen MR) is 124 cm³/mol. The Bertz CT molecular complexity index is 1090. The number of pyridine rings is 1. The summed E-state index contributed by atoms with van der Waals surface area (Å²) in [5.41, 5.74) is 4.91. The van der Waals surface area contributed by atoms with Crippen LogP contribution in [0.5, 0.6) is 0 Å². The first-order chi connectivity index (χ1) is 14.0. The van der Waals surface area contributed by atoms with Crippen molar-refractivity contribution in [2.75, 3.05) is 0 Å². The molecular formula is C24H32N4OSi. The van der Waals surface area contributed by atoms with Gasteiger partial charge in [0.1, 0.15) is 0 Å². The largest absolute Gasteiger partial charge is 0.413 e. The average molecular weight is 421 g/mol. The Labute approximate surface area is 180 Å². The summed E-state index contributed by atoms with van der Waals surface area (Å²) in [6, 6.07) is 12.5. The van der Waals surface area contributed by atoms with Crippen LogP contribution in [0.1, 0.15) is 57.5 Å². The van der Waals surface area contributed by atoms with E-state index in [2.05, 4.69) is 65.9 Å². The van der Waals surface area contributed by atoms with Crippen LogP contribution in [0, 0.1) is 11.3 Å². The molecule has 0 amide bonds. The van der Waals surface area contributed by atoms with E-state index in [-0.39, 0.29) is 11.0 Å². The maximum atomic E-state index is 9.29. The Kier molecular flexibility index (Phi) is 6.16. The first-order valence-electron chi connectivity index (χ1n) is 10.5. The Morgan fingerprint density at radius 1 is 1.17 bits per heavy atom. The van der Waals surface area contributed by atoms with Crippen LogP contribution in [-0.4, -0.2) is 22.9 Å². The number of hydrogen-bond donors (Lipinski definition) is 0. The normalized spacial score (nSPS) is 12.5. The molecule has 30 heavy (non-hydrogen) atoms. The number of hydrogen-bond acceptors (Lipinski definition) is 4. The summed E-state index contributed by atoms with van der Waals surface area (Å²) >= 11 is 0. The standard InChI is InChI=1S/C24H32N4OSi/c1-17(2)22-26-23-21(20-11-9-8-10-19(20)12-13-25)14-18(15-28(23)27-22)16-29-30(6,7)24(3,4)5/h8-11,14-15,17H,12,16H2,1-7H3. The maximum Gasteiger partial charge on any atom is 0.192 e. The predicted octanol–water partition coefficient (Wildman–Crippen LogP) is 6.11. The highest BCUT2D eigenvalue weighted by Crippen LogP contribution is 2.37. The van der Waals surface area contributed by atoms with E-state index in [9.17, 15) is 5.26 Å². The molecule has 0 saturated carbocycles. The fourth-order valence-corrected chi connectivity index (χ4v) is 4.04. The van der Waals surface area contributed by atoms with Gasteiger partial charge in [0.15, 0.2) is 19.8 Å². The van der Waals surface area contributed by atoms with Gasteiger partial charge in [-0.2, -0.15) is 10.4 Å². The minimum absolute atomic E-state index is 0.150. The second kappa shape index (κ2) is 8.33. The van der Waals surface area contributed by atoms with Gasteiger partial charge in [-0.15, -0.1) is 0 Å².